The normalized spacial score (nSPS) is 21.3. The molecule has 2 fully saturated rings. The van der Waals surface area contributed by atoms with Crippen molar-refractivity contribution < 1.29 is 18.8 Å². The van der Waals surface area contributed by atoms with Gasteiger partial charge in [-0.25, -0.2) is 9.18 Å². The van der Waals surface area contributed by atoms with Crippen molar-refractivity contribution in [1.82, 2.24) is 14.7 Å². The van der Waals surface area contributed by atoms with Gasteiger partial charge in [-0.05, 0) is 24.3 Å². The number of nitriles is 1. The number of urea groups is 1. The van der Waals surface area contributed by atoms with Crippen molar-refractivity contribution in [2.75, 3.05) is 51.7 Å². The van der Waals surface area contributed by atoms with E-state index in [-0.39, 0.29) is 30.5 Å². The maximum absolute atomic E-state index is 13.1. The molecule has 3 rings (SSSR count). The van der Waals surface area contributed by atoms with Crippen LogP contribution in [0.5, 0.6) is 0 Å². The summed E-state index contributed by atoms with van der Waals surface area (Å²) in [4.78, 5) is 46.8. The van der Waals surface area contributed by atoms with Gasteiger partial charge in [0.2, 0.25) is 5.91 Å². The van der Waals surface area contributed by atoms with Crippen LogP contribution in [0, 0.1) is 23.1 Å². The Kier molecular flexibility index (Phi) is 6.30. The van der Waals surface area contributed by atoms with Crippen LogP contribution >= 0.6 is 0 Å². The summed E-state index contributed by atoms with van der Waals surface area (Å²) in [6.07, 6.45) is 0.115. The predicted molar refractivity (Wildman–Crippen MR) is 107 cm³/mol. The van der Waals surface area contributed by atoms with Crippen LogP contribution in [0.25, 0.3) is 0 Å². The molecule has 4 amide bonds. The number of amides is 4. The minimum Gasteiger partial charge on any atom is -0.368 e. The summed E-state index contributed by atoms with van der Waals surface area (Å²) in [5.74, 6) is -2.08. The van der Waals surface area contributed by atoms with Crippen LogP contribution in [0.1, 0.15) is 6.42 Å². The summed E-state index contributed by atoms with van der Waals surface area (Å²) in [6, 6.07) is 7.57. The molecule has 0 N–H and O–H groups in total. The van der Waals surface area contributed by atoms with E-state index in [1.165, 1.54) is 31.1 Å². The second-order valence-electron chi connectivity index (χ2n) is 7.14. The van der Waals surface area contributed by atoms with E-state index in [9.17, 15) is 24.0 Å². The van der Waals surface area contributed by atoms with E-state index in [1.54, 1.807) is 17.0 Å². The van der Waals surface area contributed by atoms with Crippen LogP contribution in [-0.4, -0.2) is 85.2 Å². The molecule has 0 saturated carbocycles. The molecule has 1 unspecified atom stereocenters. The number of carbonyl (C=O) groups is 3. The summed E-state index contributed by atoms with van der Waals surface area (Å²) in [5.41, 5.74) is 0.914. The molecule has 2 aliphatic heterocycles. The molecule has 9 nitrogen and oxygen atoms in total. The number of anilines is 1. The highest BCUT2D eigenvalue weighted by molar-refractivity contribution is 6.19. The number of imide groups is 1. The summed E-state index contributed by atoms with van der Waals surface area (Å²) >= 11 is 0. The Balaban J connectivity index is 1.54. The van der Waals surface area contributed by atoms with Crippen molar-refractivity contribution in [3.8, 4) is 6.07 Å². The Morgan fingerprint density at radius 3 is 2.37 bits per heavy atom. The highest BCUT2D eigenvalue weighted by atomic mass is 19.1. The maximum Gasteiger partial charge on any atom is 0.331 e. The van der Waals surface area contributed by atoms with Gasteiger partial charge in [-0.1, -0.05) is 0 Å². The fourth-order valence-electron chi connectivity index (χ4n) is 3.52. The molecule has 0 bridgehead atoms. The Morgan fingerprint density at radius 2 is 1.77 bits per heavy atom. The van der Waals surface area contributed by atoms with E-state index in [0.717, 1.165) is 10.6 Å². The number of hydrogen-bond acceptors (Lipinski definition) is 6. The van der Waals surface area contributed by atoms with Gasteiger partial charge in [-0.2, -0.15) is 5.26 Å². The fraction of sp³-hybridized carbons (Fsp3) is 0.450. The number of benzene rings is 1. The maximum atomic E-state index is 13.1. The van der Waals surface area contributed by atoms with Gasteiger partial charge in [-0.3, -0.25) is 24.4 Å². The van der Waals surface area contributed by atoms with Crippen molar-refractivity contribution in [2.24, 2.45) is 10.9 Å². The first-order chi connectivity index (χ1) is 14.3. The number of carbonyl (C=O) groups excluding carboxylic acids is 3. The number of aliphatic imine (C=N–C) groups is 1. The third kappa shape index (κ3) is 4.25. The lowest BCUT2D eigenvalue weighted by atomic mass is 10.1. The number of piperazine rings is 1. The SMILES string of the molecule is CN1C(=O)C(C#N)C(=NCCC(=O)N2CCN(c3ccc(F)cc3)CC2)N(C)C1=O. The van der Waals surface area contributed by atoms with E-state index < -0.39 is 17.9 Å². The number of hydrogen-bond donors (Lipinski definition) is 0. The van der Waals surface area contributed by atoms with Gasteiger partial charge in [0.25, 0.3) is 5.91 Å². The van der Waals surface area contributed by atoms with Crippen LogP contribution in [-0.2, 0) is 9.59 Å². The first-order valence-corrected chi connectivity index (χ1v) is 9.61. The Morgan fingerprint density at radius 1 is 1.13 bits per heavy atom. The molecule has 0 spiro atoms. The molecule has 2 saturated heterocycles. The first kappa shape index (κ1) is 21.2. The fourth-order valence-corrected chi connectivity index (χ4v) is 3.52. The molecule has 158 valence electrons. The van der Waals surface area contributed by atoms with Gasteiger partial charge in [0.1, 0.15) is 11.7 Å². The van der Waals surface area contributed by atoms with Crippen LogP contribution in [0.4, 0.5) is 14.9 Å². The minimum absolute atomic E-state index is 0.0690. The van der Waals surface area contributed by atoms with E-state index in [4.69, 9.17) is 0 Å². The number of amidine groups is 1. The lowest BCUT2D eigenvalue weighted by Crippen LogP contribution is -2.56. The number of halogens is 1. The molecular weight excluding hydrogens is 391 g/mol. The molecule has 0 aromatic heterocycles. The number of nitrogens with zero attached hydrogens (tertiary/aromatic N) is 6. The largest absolute Gasteiger partial charge is 0.368 e. The van der Waals surface area contributed by atoms with Gasteiger partial charge in [0, 0.05) is 58.9 Å². The average Bonchev–Trinajstić information content (AvgIpc) is 2.76. The van der Waals surface area contributed by atoms with Crippen molar-refractivity contribution in [3.05, 3.63) is 30.1 Å². The molecule has 0 aliphatic carbocycles. The molecule has 10 heteroatoms. The van der Waals surface area contributed by atoms with Gasteiger partial charge in [-0.15, -0.1) is 0 Å². The second-order valence-corrected chi connectivity index (χ2v) is 7.14. The van der Waals surface area contributed by atoms with Gasteiger partial charge in [0.15, 0.2) is 5.92 Å². The third-order valence-corrected chi connectivity index (χ3v) is 5.31. The van der Waals surface area contributed by atoms with E-state index >= 15 is 0 Å². The molecule has 0 radical (unpaired) electrons. The van der Waals surface area contributed by atoms with Crippen LogP contribution in [0.3, 0.4) is 0 Å². The highest BCUT2D eigenvalue weighted by Gasteiger charge is 2.40. The van der Waals surface area contributed by atoms with Crippen molar-refractivity contribution in [1.29, 1.82) is 5.26 Å². The molecule has 30 heavy (non-hydrogen) atoms. The summed E-state index contributed by atoms with van der Waals surface area (Å²) < 4.78 is 13.1. The van der Waals surface area contributed by atoms with Crippen molar-refractivity contribution >= 4 is 29.4 Å². The smallest absolute Gasteiger partial charge is 0.331 e. The van der Waals surface area contributed by atoms with Crippen LogP contribution in [0.2, 0.25) is 0 Å². The van der Waals surface area contributed by atoms with Crippen LogP contribution < -0.4 is 4.90 Å². The second kappa shape index (κ2) is 8.90. The summed E-state index contributed by atoms with van der Waals surface area (Å²) in [7, 11) is 2.77. The third-order valence-electron chi connectivity index (χ3n) is 5.31. The summed E-state index contributed by atoms with van der Waals surface area (Å²) in [6.45, 7) is 2.44. The predicted octanol–water partition coefficient (Wildman–Crippen LogP) is 0.926. The highest BCUT2D eigenvalue weighted by Crippen LogP contribution is 2.18. The molecule has 1 aromatic carbocycles. The topological polar surface area (TPSA) is 100 Å². The monoisotopic (exact) mass is 414 g/mol. The molecule has 1 atom stereocenters. The molecule has 2 heterocycles. The first-order valence-electron chi connectivity index (χ1n) is 9.61. The summed E-state index contributed by atoms with van der Waals surface area (Å²) in [5, 5.41) is 9.28. The lowest BCUT2D eigenvalue weighted by molar-refractivity contribution is -0.131. The van der Waals surface area contributed by atoms with E-state index in [0.29, 0.717) is 26.2 Å². The Hall–Kier alpha value is -3.48. The average molecular weight is 414 g/mol. The standard InChI is InChI=1S/C20H23FN6O3/c1-24-18(16(13-22)19(29)25(2)20(24)30)23-8-7-17(28)27-11-9-26(10-12-27)15-5-3-14(21)4-6-15/h3-6,16H,7-12H2,1-2H3. The van der Waals surface area contributed by atoms with Gasteiger partial charge in [0.05, 0.1) is 6.07 Å². The number of rotatable bonds is 4. The molecule has 2 aliphatic rings. The Labute approximate surface area is 174 Å². The van der Waals surface area contributed by atoms with E-state index in [2.05, 4.69) is 9.89 Å². The zero-order chi connectivity index (χ0) is 21.8. The van der Waals surface area contributed by atoms with Gasteiger partial charge < -0.3 is 9.80 Å². The van der Waals surface area contributed by atoms with E-state index in [1.807, 2.05) is 6.07 Å². The lowest BCUT2D eigenvalue weighted by Gasteiger charge is -2.36. The molecular formula is C20H23FN6O3. The molecule has 1 aromatic rings. The minimum atomic E-state index is -1.16. The van der Waals surface area contributed by atoms with Gasteiger partial charge >= 0.3 is 6.03 Å². The van der Waals surface area contributed by atoms with Crippen molar-refractivity contribution in [2.45, 2.75) is 6.42 Å². The van der Waals surface area contributed by atoms with Crippen molar-refractivity contribution in [3.63, 3.8) is 0 Å². The zero-order valence-electron chi connectivity index (χ0n) is 16.9. The van der Waals surface area contributed by atoms with Crippen LogP contribution in [0.15, 0.2) is 29.3 Å². The zero-order valence-corrected chi connectivity index (χ0v) is 16.9. The quantitative estimate of drug-likeness (QED) is 0.730. The Bertz CT molecular complexity index is 902.